The van der Waals surface area contributed by atoms with Crippen LogP contribution in [0.15, 0.2) is 59.5 Å². The van der Waals surface area contributed by atoms with Gasteiger partial charge in [-0.3, -0.25) is 9.59 Å². The first-order valence-electron chi connectivity index (χ1n) is 11.4. The molecule has 0 radical (unpaired) electrons. The number of hydrogen-bond donors (Lipinski definition) is 1. The van der Waals surface area contributed by atoms with Crippen LogP contribution in [-0.2, 0) is 26.2 Å². The molecule has 0 heterocycles. The largest absolute Gasteiger partial charge is 0.352 e. The third-order valence-corrected chi connectivity index (χ3v) is 7.27. The average molecular weight is 492 g/mol. The van der Waals surface area contributed by atoms with E-state index in [-0.39, 0.29) is 48.1 Å². The van der Waals surface area contributed by atoms with Crippen LogP contribution in [0.1, 0.15) is 45.6 Å². The van der Waals surface area contributed by atoms with Gasteiger partial charge in [0.1, 0.15) is 11.9 Å². The topological polar surface area (TPSA) is 86.8 Å². The lowest BCUT2D eigenvalue weighted by Crippen LogP contribution is -2.50. The number of halogens is 1. The molecule has 0 aliphatic carbocycles. The molecule has 0 unspecified atom stereocenters. The van der Waals surface area contributed by atoms with Crippen molar-refractivity contribution in [3.05, 3.63) is 66.0 Å². The number of rotatable bonds is 12. The fourth-order valence-corrected chi connectivity index (χ4v) is 4.81. The van der Waals surface area contributed by atoms with Crippen LogP contribution in [0, 0.1) is 5.82 Å². The zero-order valence-corrected chi connectivity index (χ0v) is 21.0. The molecule has 0 spiro atoms. The average Bonchev–Trinajstić information content (AvgIpc) is 2.80. The van der Waals surface area contributed by atoms with Crippen LogP contribution in [0.2, 0.25) is 0 Å². The van der Waals surface area contributed by atoms with Crippen molar-refractivity contribution in [3.8, 4) is 0 Å². The molecule has 0 aromatic heterocycles. The molecule has 0 saturated heterocycles. The number of amides is 2. The number of hydrogen-bond acceptors (Lipinski definition) is 4. The van der Waals surface area contributed by atoms with Crippen LogP contribution < -0.4 is 5.32 Å². The Bertz CT molecular complexity index is 1040. The van der Waals surface area contributed by atoms with Crippen molar-refractivity contribution in [2.75, 3.05) is 13.6 Å². The standard InChI is InChI=1S/C25H34FN3O4S/c1-5-23(25(31)27-19(2)3)29(18-20-13-15-21(26)16-14-20)24(30)12-9-17-28(4)34(32,33)22-10-7-6-8-11-22/h6-8,10-11,13-16,19,23H,5,9,12,17-18H2,1-4H3,(H,27,31)/t23-/m0/s1. The molecular weight excluding hydrogens is 457 g/mol. The molecule has 9 heteroatoms. The van der Waals surface area contributed by atoms with Gasteiger partial charge in [-0.25, -0.2) is 17.1 Å². The maximum Gasteiger partial charge on any atom is 0.243 e. The molecule has 0 fully saturated rings. The predicted molar refractivity (Wildman–Crippen MR) is 130 cm³/mol. The molecule has 0 aliphatic heterocycles. The Morgan fingerprint density at radius 1 is 1.03 bits per heavy atom. The number of nitrogens with zero attached hydrogens (tertiary/aromatic N) is 2. The molecule has 2 aromatic carbocycles. The molecule has 2 aromatic rings. The van der Waals surface area contributed by atoms with E-state index >= 15 is 0 Å². The van der Waals surface area contributed by atoms with E-state index in [2.05, 4.69) is 5.32 Å². The zero-order valence-electron chi connectivity index (χ0n) is 20.2. The smallest absolute Gasteiger partial charge is 0.243 e. The van der Waals surface area contributed by atoms with Gasteiger partial charge in [-0.05, 0) is 56.5 Å². The zero-order chi connectivity index (χ0) is 25.3. The number of carbonyl (C=O) groups excluding carboxylic acids is 2. The van der Waals surface area contributed by atoms with Crippen LogP contribution in [0.25, 0.3) is 0 Å². The highest BCUT2D eigenvalue weighted by Crippen LogP contribution is 2.17. The summed E-state index contributed by atoms with van der Waals surface area (Å²) in [4.78, 5) is 27.7. The second kappa shape index (κ2) is 12.6. The van der Waals surface area contributed by atoms with Crippen molar-refractivity contribution < 1.29 is 22.4 Å². The molecule has 2 rings (SSSR count). The van der Waals surface area contributed by atoms with Gasteiger partial charge in [0.15, 0.2) is 0 Å². The molecule has 0 bridgehead atoms. The summed E-state index contributed by atoms with van der Waals surface area (Å²) in [6.07, 6.45) is 0.776. The van der Waals surface area contributed by atoms with Gasteiger partial charge < -0.3 is 10.2 Å². The summed E-state index contributed by atoms with van der Waals surface area (Å²) in [5, 5.41) is 2.86. The van der Waals surface area contributed by atoms with E-state index in [9.17, 15) is 22.4 Å². The summed E-state index contributed by atoms with van der Waals surface area (Å²) in [5.41, 5.74) is 0.703. The first kappa shape index (κ1) is 27.5. The van der Waals surface area contributed by atoms with E-state index in [1.807, 2.05) is 20.8 Å². The highest BCUT2D eigenvalue weighted by Gasteiger charge is 2.29. The molecule has 1 atom stereocenters. The van der Waals surface area contributed by atoms with E-state index in [0.29, 0.717) is 18.4 Å². The lowest BCUT2D eigenvalue weighted by atomic mass is 10.1. The summed E-state index contributed by atoms with van der Waals surface area (Å²) in [6.45, 7) is 5.83. The van der Waals surface area contributed by atoms with Gasteiger partial charge in [-0.2, -0.15) is 0 Å². The van der Waals surface area contributed by atoms with Crippen molar-refractivity contribution in [1.29, 1.82) is 0 Å². The predicted octanol–water partition coefficient (Wildman–Crippen LogP) is 3.56. The second-order valence-electron chi connectivity index (χ2n) is 8.48. The maximum absolute atomic E-state index is 13.3. The highest BCUT2D eigenvalue weighted by molar-refractivity contribution is 7.89. The fraction of sp³-hybridized carbons (Fsp3) is 0.440. The minimum absolute atomic E-state index is 0.0707. The lowest BCUT2D eigenvalue weighted by molar-refractivity contribution is -0.141. The van der Waals surface area contributed by atoms with Crippen LogP contribution in [0.5, 0.6) is 0 Å². The van der Waals surface area contributed by atoms with E-state index in [0.717, 1.165) is 0 Å². The Morgan fingerprint density at radius 3 is 2.21 bits per heavy atom. The van der Waals surface area contributed by atoms with Gasteiger partial charge in [0.25, 0.3) is 0 Å². The van der Waals surface area contributed by atoms with Crippen LogP contribution in [-0.4, -0.2) is 55.1 Å². The number of sulfonamides is 1. The van der Waals surface area contributed by atoms with Gasteiger partial charge in [0.2, 0.25) is 21.8 Å². The summed E-state index contributed by atoms with van der Waals surface area (Å²) < 4.78 is 40.0. The van der Waals surface area contributed by atoms with E-state index in [1.165, 1.54) is 40.5 Å². The first-order valence-corrected chi connectivity index (χ1v) is 12.9. The first-order chi connectivity index (χ1) is 16.1. The Morgan fingerprint density at radius 2 is 1.65 bits per heavy atom. The van der Waals surface area contributed by atoms with Gasteiger partial charge in [-0.1, -0.05) is 37.3 Å². The monoisotopic (exact) mass is 491 g/mol. The highest BCUT2D eigenvalue weighted by atomic mass is 32.2. The normalized spacial score (nSPS) is 12.6. The molecule has 1 N–H and O–H groups in total. The van der Waals surface area contributed by atoms with E-state index in [1.54, 1.807) is 30.3 Å². The third-order valence-electron chi connectivity index (χ3n) is 5.40. The van der Waals surface area contributed by atoms with Gasteiger partial charge in [0.05, 0.1) is 4.90 Å². The Kier molecular flexibility index (Phi) is 10.2. The molecule has 0 aliphatic rings. The maximum atomic E-state index is 13.3. The van der Waals surface area contributed by atoms with Crippen molar-refractivity contribution >= 4 is 21.8 Å². The summed E-state index contributed by atoms with van der Waals surface area (Å²) in [7, 11) is -2.17. The molecular formula is C25H34FN3O4S. The van der Waals surface area contributed by atoms with Gasteiger partial charge in [0, 0.05) is 32.6 Å². The molecule has 0 saturated carbocycles. The van der Waals surface area contributed by atoms with Crippen molar-refractivity contribution in [1.82, 2.24) is 14.5 Å². The molecule has 2 amide bonds. The Labute approximate surface area is 202 Å². The minimum atomic E-state index is -3.65. The summed E-state index contributed by atoms with van der Waals surface area (Å²) in [6, 6.07) is 13.1. The van der Waals surface area contributed by atoms with E-state index in [4.69, 9.17) is 0 Å². The van der Waals surface area contributed by atoms with Gasteiger partial charge in [-0.15, -0.1) is 0 Å². The quantitative estimate of drug-likeness (QED) is 0.492. The Hall–Kier alpha value is -2.78. The molecule has 186 valence electrons. The fourth-order valence-electron chi connectivity index (χ4n) is 3.58. The van der Waals surface area contributed by atoms with Crippen LogP contribution >= 0.6 is 0 Å². The van der Waals surface area contributed by atoms with Gasteiger partial charge >= 0.3 is 0 Å². The van der Waals surface area contributed by atoms with Crippen LogP contribution in [0.3, 0.4) is 0 Å². The lowest BCUT2D eigenvalue weighted by Gasteiger charge is -2.31. The number of nitrogens with one attached hydrogen (secondary N) is 1. The SMILES string of the molecule is CC[C@@H](C(=O)NC(C)C)N(Cc1ccc(F)cc1)C(=O)CCCN(C)S(=O)(=O)c1ccccc1. The van der Waals surface area contributed by atoms with Crippen molar-refractivity contribution in [2.45, 2.75) is 63.6 Å². The van der Waals surface area contributed by atoms with Crippen LogP contribution in [0.4, 0.5) is 4.39 Å². The number of carbonyl (C=O) groups is 2. The molecule has 34 heavy (non-hydrogen) atoms. The van der Waals surface area contributed by atoms with Crippen molar-refractivity contribution in [2.24, 2.45) is 0 Å². The summed E-state index contributed by atoms with van der Waals surface area (Å²) in [5.74, 6) is -0.897. The third kappa shape index (κ3) is 7.63. The minimum Gasteiger partial charge on any atom is -0.352 e. The van der Waals surface area contributed by atoms with E-state index < -0.39 is 16.1 Å². The number of benzene rings is 2. The summed E-state index contributed by atoms with van der Waals surface area (Å²) >= 11 is 0. The second-order valence-corrected chi connectivity index (χ2v) is 10.5. The van der Waals surface area contributed by atoms with Crippen molar-refractivity contribution in [3.63, 3.8) is 0 Å². The Balaban J connectivity index is 2.12. The molecule has 7 nitrogen and oxygen atoms in total.